The van der Waals surface area contributed by atoms with Crippen LogP contribution in [0.2, 0.25) is 5.02 Å². The van der Waals surface area contributed by atoms with Crippen molar-refractivity contribution in [3.8, 4) is 0 Å². The molecule has 2 heterocycles. The molecule has 5 atom stereocenters. The molecule has 150 valence electrons. The van der Waals surface area contributed by atoms with E-state index in [0.717, 1.165) is 5.56 Å². The summed E-state index contributed by atoms with van der Waals surface area (Å²) in [6, 6.07) is 11.4. The van der Waals surface area contributed by atoms with Gasteiger partial charge in [0.25, 0.3) is 0 Å². The Balaban J connectivity index is 1.72. The van der Waals surface area contributed by atoms with Crippen molar-refractivity contribution in [1.82, 2.24) is 0 Å². The van der Waals surface area contributed by atoms with E-state index < -0.39 is 35.3 Å². The maximum Gasteiger partial charge on any atom is 0.225 e. The lowest BCUT2D eigenvalue weighted by Gasteiger charge is -2.47. The van der Waals surface area contributed by atoms with E-state index in [0.29, 0.717) is 22.6 Å². The van der Waals surface area contributed by atoms with Crippen molar-refractivity contribution in [3.63, 3.8) is 0 Å². The van der Waals surface area contributed by atoms with Gasteiger partial charge in [-0.3, -0.25) is 0 Å². The minimum atomic E-state index is -1.66. The minimum absolute atomic E-state index is 0.0165. The SMILES string of the molecule is C[C@H]1[C@H](O)[C@H](O)[C@@]2(c3ccc(F)c(Cc4ccc(Cl)cc4)c3)OC[C@]1(CO)O2. The van der Waals surface area contributed by atoms with Crippen molar-refractivity contribution in [2.45, 2.75) is 36.9 Å². The Morgan fingerprint density at radius 1 is 1.18 bits per heavy atom. The lowest BCUT2D eigenvalue weighted by atomic mass is 9.78. The van der Waals surface area contributed by atoms with Gasteiger partial charge in [0.1, 0.15) is 17.5 Å². The average Bonchev–Trinajstić information content (AvgIpc) is 3.08. The van der Waals surface area contributed by atoms with Crippen LogP contribution in [0, 0.1) is 11.7 Å². The van der Waals surface area contributed by atoms with E-state index in [-0.39, 0.29) is 13.2 Å². The van der Waals surface area contributed by atoms with Crippen molar-refractivity contribution in [3.05, 3.63) is 70.0 Å². The summed E-state index contributed by atoms with van der Waals surface area (Å²) < 4.78 is 26.3. The Bertz CT molecular complexity index is 876. The van der Waals surface area contributed by atoms with E-state index in [1.165, 1.54) is 12.1 Å². The Morgan fingerprint density at radius 3 is 2.57 bits per heavy atom. The number of halogens is 2. The fraction of sp³-hybridized carbons (Fsp3) is 0.429. The summed E-state index contributed by atoms with van der Waals surface area (Å²) in [6.45, 7) is 1.35. The van der Waals surface area contributed by atoms with Gasteiger partial charge >= 0.3 is 0 Å². The molecule has 0 unspecified atom stereocenters. The van der Waals surface area contributed by atoms with E-state index in [1.807, 2.05) is 12.1 Å². The lowest BCUT2D eigenvalue weighted by Crippen LogP contribution is -2.61. The molecule has 2 bridgehead atoms. The molecule has 7 heteroatoms. The summed E-state index contributed by atoms with van der Waals surface area (Å²) in [7, 11) is 0. The van der Waals surface area contributed by atoms with Gasteiger partial charge < -0.3 is 24.8 Å². The predicted octanol–water partition coefficient (Wildman–Crippen LogP) is 2.37. The number of fused-ring (bicyclic) bond motifs is 2. The molecule has 4 rings (SSSR count). The Labute approximate surface area is 167 Å². The molecular formula is C21H22ClFO5. The van der Waals surface area contributed by atoms with Crippen molar-refractivity contribution in [2.75, 3.05) is 13.2 Å². The highest BCUT2D eigenvalue weighted by Gasteiger charge is 2.65. The highest BCUT2D eigenvalue weighted by molar-refractivity contribution is 6.30. The molecule has 5 nitrogen and oxygen atoms in total. The van der Waals surface area contributed by atoms with Crippen LogP contribution < -0.4 is 0 Å². The standard InChI is InChI=1S/C21H22ClFO5/c1-12-18(25)19(26)21(27-11-20(12,10-24)28-21)15-4-7-17(23)14(9-15)8-13-2-5-16(22)6-3-13/h2-7,9,12,18-19,24-26H,8,10-11H2,1H3/t12-,18-,19-,20-,21-/m0/s1. The summed E-state index contributed by atoms with van der Waals surface area (Å²) in [4.78, 5) is 0. The van der Waals surface area contributed by atoms with Crippen molar-refractivity contribution < 1.29 is 29.2 Å². The van der Waals surface area contributed by atoms with E-state index in [1.54, 1.807) is 25.1 Å². The van der Waals surface area contributed by atoms with Gasteiger partial charge in [-0.1, -0.05) is 36.7 Å². The molecule has 2 fully saturated rings. The second kappa shape index (κ2) is 7.06. The zero-order valence-electron chi connectivity index (χ0n) is 15.3. The van der Waals surface area contributed by atoms with E-state index in [9.17, 15) is 19.7 Å². The van der Waals surface area contributed by atoms with Crippen LogP contribution in [0.1, 0.15) is 23.6 Å². The smallest absolute Gasteiger partial charge is 0.225 e. The maximum absolute atomic E-state index is 14.5. The lowest BCUT2D eigenvalue weighted by molar-refractivity contribution is -0.318. The van der Waals surface area contributed by atoms with Gasteiger partial charge in [-0.2, -0.15) is 0 Å². The fourth-order valence-corrected chi connectivity index (χ4v) is 4.18. The Hall–Kier alpha value is -1.54. The molecule has 3 N–H and O–H groups in total. The molecule has 0 aliphatic carbocycles. The van der Waals surface area contributed by atoms with Gasteiger partial charge in [-0.15, -0.1) is 0 Å². The van der Waals surface area contributed by atoms with Gasteiger partial charge in [0.2, 0.25) is 5.79 Å². The highest BCUT2D eigenvalue weighted by atomic mass is 35.5. The van der Waals surface area contributed by atoms with Crippen molar-refractivity contribution in [1.29, 1.82) is 0 Å². The van der Waals surface area contributed by atoms with E-state index in [4.69, 9.17) is 21.1 Å². The van der Waals surface area contributed by atoms with Gasteiger partial charge in [0.15, 0.2) is 0 Å². The number of rotatable bonds is 4. The quantitative estimate of drug-likeness (QED) is 0.724. The third-order valence-corrected chi connectivity index (χ3v) is 6.22. The largest absolute Gasteiger partial charge is 0.393 e. The molecule has 0 saturated carbocycles. The van der Waals surface area contributed by atoms with E-state index >= 15 is 0 Å². The minimum Gasteiger partial charge on any atom is -0.393 e. The van der Waals surface area contributed by atoms with Crippen LogP contribution >= 0.6 is 11.6 Å². The van der Waals surface area contributed by atoms with Crippen LogP contribution in [0.15, 0.2) is 42.5 Å². The summed E-state index contributed by atoms with van der Waals surface area (Å²) >= 11 is 5.90. The van der Waals surface area contributed by atoms with Crippen molar-refractivity contribution in [2.24, 2.45) is 5.92 Å². The average molecular weight is 409 g/mol. The molecule has 0 amide bonds. The number of hydrogen-bond donors (Lipinski definition) is 3. The first-order valence-electron chi connectivity index (χ1n) is 9.16. The topological polar surface area (TPSA) is 79.2 Å². The molecule has 2 aromatic carbocycles. The van der Waals surface area contributed by atoms with Crippen LogP contribution in [0.5, 0.6) is 0 Å². The van der Waals surface area contributed by atoms with Crippen molar-refractivity contribution >= 4 is 11.6 Å². The third kappa shape index (κ3) is 2.96. The number of benzene rings is 2. The van der Waals surface area contributed by atoms with Gasteiger partial charge in [-0.25, -0.2) is 4.39 Å². The second-order valence-corrected chi connectivity index (χ2v) is 8.05. The Morgan fingerprint density at radius 2 is 1.89 bits per heavy atom. The number of aliphatic hydroxyl groups excluding tert-OH is 3. The first kappa shape index (κ1) is 19.8. The molecule has 0 aromatic heterocycles. The molecule has 2 saturated heterocycles. The highest BCUT2D eigenvalue weighted by Crippen LogP contribution is 2.51. The van der Waals surface area contributed by atoms with Crippen LogP contribution in [0.4, 0.5) is 4.39 Å². The zero-order chi connectivity index (χ0) is 20.1. The van der Waals surface area contributed by atoms with Crippen LogP contribution in [0.3, 0.4) is 0 Å². The number of aliphatic hydroxyl groups is 3. The van der Waals surface area contributed by atoms with Crippen LogP contribution in [0.25, 0.3) is 0 Å². The van der Waals surface area contributed by atoms with Crippen LogP contribution in [-0.4, -0.2) is 46.3 Å². The predicted molar refractivity (Wildman–Crippen MR) is 100 cm³/mol. The zero-order valence-corrected chi connectivity index (χ0v) is 16.1. The molecule has 28 heavy (non-hydrogen) atoms. The first-order chi connectivity index (χ1) is 13.3. The van der Waals surface area contributed by atoms with Gasteiger partial charge in [0, 0.05) is 22.9 Å². The van der Waals surface area contributed by atoms with Gasteiger partial charge in [-0.05, 0) is 35.4 Å². The summed E-state index contributed by atoms with van der Waals surface area (Å²) in [5, 5.41) is 31.7. The first-order valence-corrected chi connectivity index (χ1v) is 9.53. The fourth-order valence-electron chi connectivity index (χ4n) is 4.05. The Kier molecular flexibility index (Phi) is 4.98. The monoisotopic (exact) mass is 408 g/mol. The second-order valence-electron chi connectivity index (χ2n) is 7.61. The molecule has 0 radical (unpaired) electrons. The third-order valence-electron chi connectivity index (χ3n) is 5.96. The summed E-state index contributed by atoms with van der Waals surface area (Å²) in [6.07, 6.45) is -2.22. The normalized spacial score (nSPS) is 34.6. The summed E-state index contributed by atoms with van der Waals surface area (Å²) in [5.41, 5.74) is 0.534. The molecule has 2 aliphatic heterocycles. The number of ether oxygens (including phenoxy) is 2. The van der Waals surface area contributed by atoms with Gasteiger partial charge in [0.05, 0.1) is 19.3 Å². The number of hydrogen-bond acceptors (Lipinski definition) is 5. The molecule has 2 aromatic rings. The molecule has 0 spiro atoms. The molecular weight excluding hydrogens is 387 g/mol. The van der Waals surface area contributed by atoms with Crippen LogP contribution in [-0.2, 0) is 21.7 Å². The molecule has 2 aliphatic rings. The maximum atomic E-state index is 14.5. The van der Waals surface area contributed by atoms with E-state index in [2.05, 4.69) is 0 Å². The summed E-state index contributed by atoms with van der Waals surface area (Å²) in [5.74, 6) is -2.59.